The number of thiophene rings is 1. The number of aryl methyl sites for hydroxylation is 2. The third-order valence-corrected chi connectivity index (χ3v) is 8.11. The smallest absolute Gasteiger partial charge is 0.234 e. The quantitative estimate of drug-likeness (QED) is 0.154. The summed E-state index contributed by atoms with van der Waals surface area (Å²) in [4.78, 5) is 14.7. The van der Waals surface area contributed by atoms with E-state index in [-0.39, 0.29) is 35.7 Å². The summed E-state index contributed by atoms with van der Waals surface area (Å²) in [6.45, 7) is 14.7. The minimum atomic E-state index is -0.551. The number of ether oxygens (including phenoxy) is 1. The van der Waals surface area contributed by atoms with Crippen molar-refractivity contribution in [1.82, 2.24) is 10.7 Å². The number of hydrogen-bond donors (Lipinski definition) is 5. The number of carbonyl (C=O) groups is 1. The number of hydrazine groups is 1. The monoisotopic (exact) mass is 503 g/mol. The lowest BCUT2D eigenvalue weighted by Gasteiger charge is -2.32. The molecule has 0 radical (unpaired) electrons. The first-order chi connectivity index (χ1) is 16.4. The Bertz CT molecular complexity index is 1040. The van der Waals surface area contributed by atoms with Gasteiger partial charge in [0.05, 0.1) is 12.5 Å². The number of hydrazone groups is 1. The van der Waals surface area contributed by atoms with E-state index >= 15 is 0 Å². The van der Waals surface area contributed by atoms with Crippen LogP contribution < -0.4 is 27.2 Å². The highest BCUT2D eigenvalue weighted by molar-refractivity contribution is 7.12. The van der Waals surface area contributed by atoms with Crippen molar-refractivity contribution in [3.63, 3.8) is 0 Å². The fraction of sp³-hybridized carbons (Fsp3) is 0.538. The van der Waals surface area contributed by atoms with Gasteiger partial charge >= 0.3 is 0 Å². The number of aliphatic hydroxyl groups excluding tert-OH is 1. The van der Waals surface area contributed by atoms with Gasteiger partial charge in [0, 0.05) is 15.2 Å². The van der Waals surface area contributed by atoms with Crippen molar-refractivity contribution in [1.29, 1.82) is 0 Å². The van der Waals surface area contributed by atoms with Crippen LogP contribution in [0.15, 0.2) is 29.4 Å². The molecule has 0 saturated carbocycles. The van der Waals surface area contributed by atoms with Crippen LogP contribution in [0.5, 0.6) is 5.75 Å². The van der Waals surface area contributed by atoms with Gasteiger partial charge in [0.25, 0.3) is 0 Å². The van der Waals surface area contributed by atoms with Crippen LogP contribution in [0.4, 0.5) is 0 Å². The van der Waals surface area contributed by atoms with E-state index in [2.05, 4.69) is 47.9 Å². The van der Waals surface area contributed by atoms with Gasteiger partial charge in [-0.3, -0.25) is 15.5 Å². The SMILES string of the molecule is CCC(CC)(c1ccc(OCC(O)C(C)(C)C)c(C)c1)c1cc(C)c(CC(=O)N/C(=N/N)NN)s1. The van der Waals surface area contributed by atoms with E-state index in [1.807, 2.05) is 40.7 Å². The van der Waals surface area contributed by atoms with Crippen LogP contribution in [0.2, 0.25) is 0 Å². The number of nitrogens with zero attached hydrogens (tertiary/aromatic N) is 1. The molecule has 7 N–H and O–H groups in total. The van der Waals surface area contributed by atoms with E-state index in [1.54, 1.807) is 11.3 Å². The van der Waals surface area contributed by atoms with Gasteiger partial charge in [-0.2, -0.15) is 0 Å². The van der Waals surface area contributed by atoms with Crippen molar-refractivity contribution in [3.8, 4) is 5.75 Å². The van der Waals surface area contributed by atoms with Gasteiger partial charge in [-0.1, -0.05) is 46.8 Å². The average Bonchev–Trinajstić information content (AvgIpc) is 3.17. The number of hydrogen-bond acceptors (Lipinski definition) is 7. The zero-order valence-corrected chi connectivity index (χ0v) is 22.8. The molecule has 194 valence electrons. The Morgan fingerprint density at radius 2 is 1.83 bits per heavy atom. The molecule has 2 aromatic rings. The van der Waals surface area contributed by atoms with Gasteiger partial charge < -0.3 is 15.7 Å². The van der Waals surface area contributed by atoms with E-state index in [0.29, 0.717) is 0 Å². The summed E-state index contributed by atoms with van der Waals surface area (Å²) in [5, 5.41) is 16.3. The summed E-state index contributed by atoms with van der Waals surface area (Å²) in [6, 6.07) is 8.50. The molecule has 0 aliphatic rings. The Morgan fingerprint density at radius 3 is 2.34 bits per heavy atom. The first-order valence-corrected chi connectivity index (χ1v) is 12.8. The lowest BCUT2D eigenvalue weighted by atomic mass is 9.74. The molecule has 1 aromatic carbocycles. The number of carbonyl (C=O) groups excluding carboxylic acids is 1. The molecule has 0 aliphatic carbocycles. The minimum absolute atomic E-state index is 0.0219. The van der Waals surface area contributed by atoms with Gasteiger partial charge in [0.1, 0.15) is 12.4 Å². The number of guanidine groups is 1. The maximum Gasteiger partial charge on any atom is 0.234 e. The van der Waals surface area contributed by atoms with Crippen LogP contribution >= 0.6 is 11.3 Å². The average molecular weight is 504 g/mol. The summed E-state index contributed by atoms with van der Waals surface area (Å²) in [6.07, 6.45) is 1.49. The lowest BCUT2D eigenvalue weighted by Crippen LogP contribution is -2.45. The molecule has 35 heavy (non-hydrogen) atoms. The van der Waals surface area contributed by atoms with Crippen molar-refractivity contribution in [2.45, 2.75) is 79.2 Å². The third-order valence-electron chi connectivity index (χ3n) is 6.67. The number of benzene rings is 1. The summed E-state index contributed by atoms with van der Waals surface area (Å²) in [7, 11) is 0. The predicted octanol–water partition coefficient (Wildman–Crippen LogP) is 3.61. The maximum absolute atomic E-state index is 12.4. The van der Waals surface area contributed by atoms with Crippen LogP contribution in [0.3, 0.4) is 0 Å². The predicted molar refractivity (Wildman–Crippen MR) is 143 cm³/mol. The Labute approximate surface area is 213 Å². The van der Waals surface area contributed by atoms with E-state index in [1.165, 1.54) is 10.4 Å². The summed E-state index contributed by atoms with van der Waals surface area (Å²) in [5.74, 6) is 11.1. The highest BCUT2D eigenvalue weighted by Gasteiger charge is 2.33. The standard InChI is InChI=1S/C26H41N5O3S/c1-8-26(9-2,18-10-11-19(16(3)12-18)34-15-21(32)25(5,6)7)22-13-17(4)20(35-22)14-23(33)29-24(30-27)31-28/h10-13,21,32H,8-9,14-15,27-28H2,1-7H3,(H2,29,30,31,33). The molecule has 0 fully saturated rings. The molecule has 1 heterocycles. The molecule has 8 nitrogen and oxygen atoms in total. The fourth-order valence-corrected chi connectivity index (χ4v) is 5.56. The Morgan fingerprint density at radius 1 is 1.17 bits per heavy atom. The molecule has 0 aliphatic heterocycles. The molecule has 1 amide bonds. The van der Waals surface area contributed by atoms with Gasteiger partial charge in [0.2, 0.25) is 11.9 Å². The Hall–Kier alpha value is -2.62. The summed E-state index contributed by atoms with van der Waals surface area (Å²) < 4.78 is 5.96. The first-order valence-electron chi connectivity index (χ1n) is 12.0. The van der Waals surface area contributed by atoms with Gasteiger partial charge in [-0.05, 0) is 60.9 Å². The summed E-state index contributed by atoms with van der Waals surface area (Å²) in [5.41, 5.74) is 5.16. The molecule has 0 bridgehead atoms. The number of nitrogens with one attached hydrogen (secondary N) is 2. The number of amides is 1. The second kappa shape index (κ2) is 11.9. The van der Waals surface area contributed by atoms with Gasteiger partial charge in [-0.25, -0.2) is 5.84 Å². The molecule has 0 saturated heterocycles. The maximum atomic E-state index is 12.4. The molecular formula is C26H41N5O3S. The van der Waals surface area contributed by atoms with Crippen molar-refractivity contribution in [3.05, 3.63) is 50.7 Å². The largest absolute Gasteiger partial charge is 0.491 e. The highest BCUT2D eigenvalue weighted by Crippen LogP contribution is 2.44. The van der Waals surface area contributed by atoms with Crippen molar-refractivity contribution in [2.24, 2.45) is 22.2 Å². The van der Waals surface area contributed by atoms with Gasteiger partial charge in [-0.15, -0.1) is 16.4 Å². The van der Waals surface area contributed by atoms with Crippen LogP contribution in [0, 0.1) is 19.3 Å². The van der Waals surface area contributed by atoms with Crippen molar-refractivity contribution < 1.29 is 14.6 Å². The van der Waals surface area contributed by atoms with Crippen LogP contribution in [-0.2, 0) is 16.6 Å². The molecule has 1 aromatic heterocycles. The molecule has 0 spiro atoms. The normalized spacial score (nSPS) is 13.5. The second-order valence-electron chi connectivity index (χ2n) is 10.0. The Kier molecular flexibility index (Phi) is 9.71. The molecule has 2 rings (SSSR count). The zero-order valence-electron chi connectivity index (χ0n) is 22.0. The first kappa shape index (κ1) is 28.6. The molecule has 1 atom stereocenters. The molecule has 1 unspecified atom stereocenters. The van der Waals surface area contributed by atoms with Crippen molar-refractivity contribution >= 4 is 23.2 Å². The Balaban J connectivity index is 2.32. The number of nitrogens with two attached hydrogens (primary N) is 2. The topological polar surface area (TPSA) is 135 Å². The molecule has 9 heteroatoms. The number of rotatable bonds is 9. The number of aliphatic hydroxyl groups is 1. The van der Waals surface area contributed by atoms with E-state index in [9.17, 15) is 9.90 Å². The van der Waals surface area contributed by atoms with E-state index < -0.39 is 6.10 Å². The van der Waals surface area contributed by atoms with Crippen LogP contribution in [0.1, 0.15) is 73.9 Å². The highest BCUT2D eigenvalue weighted by atomic mass is 32.1. The lowest BCUT2D eigenvalue weighted by molar-refractivity contribution is -0.119. The van der Waals surface area contributed by atoms with Crippen LogP contribution in [0.25, 0.3) is 0 Å². The van der Waals surface area contributed by atoms with Gasteiger partial charge in [0.15, 0.2) is 0 Å². The van der Waals surface area contributed by atoms with Crippen molar-refractivity contribution in [2.75, 3.05) is 6.61 Å². The third kappa shape index (κ3) is 6.74. The van der Waals surface area contributed by atoms with Crippen LogP contribution in [-0.4, -0.2) is 29.7 Å². The fourth-order valence-electron chi connectivity index (χ4n) is 4.04. The summed E-state index contributed by atoms with van der Waals surface area (Å²) >= 11 is 1.66. The minimum Gasteiger partial charge on any atom is -0.491 e. The van der Waals surface area contributed by atoms with E-state index in [4.69, 9.17) is 16.4 Å². The van der Waals surface area contributed by atoms with E-state index in [0.717, 1.165) is 34.6 Å². The zero-order chi connectivity index (χ0) is 26.4. The molecular weight excluding hydrogens is 462 g/mol. The second-order valence-corrected chi connectivity index (χ2v) is 11.2.